The third-order valence-corrected chi connectivity index (χ3v) is 3.00. The number of hydrogen-bond acceptors (Lipinski definition) is 4. The van der Waals surface area contributed by atoms with Crippen molar-refractivity contribution < 1.29 is 10.2 Å². The maximum Gasteiger partial charge on any atom is 0.158 e. The summed E-state index contributed by atoms with van der Waals surface area (Å²) < 4.78 is 1.73. The molecule has 0 spiro atoms. The predicted molar refractivity (Wildman–Crippen MR) is 74.3 cm³/mol. The van der Waals surface area contributed by atoms with Crippen LogP contribution in [-0.4, -0.2) is 25.2 Å². The van der Waals surface area contributed by atoms with Crippen LogP contribution in [0.25, 0.3) is 11.3 Å². The van der Waals surface area contributed by atoms with E-state index < -0.39 is 0 Å². The zero-order valence-electron chi connectivity index (χ0n) is 10.6. The smallest absolute Gasteiger partial charge is 0.158 e. The van der Waals surface area contributed by atoms with Crippen LogP contribution in [-0.2, 0) is 6.54 Å². The first-order chi connectivity index (χ1) is 9.72. The SMILES string of the molecule is Oc1ccc(-c2cn(Cc3ccccc3)nn2)cc1O. The summed E-state index contributed by atoms with van der Waals surface area (Å²) in [5, 5.41) is 26.9. The Hall–Kier alpha value is -2.82. The lowest BCUT2D eigenvalue weighted by atomic mass is 10.1. The van der Waals surface area contributed by atoms with E-state index in [4.69, 9.17) is 0 Å². The Morgan fingerprint density at radius 1 is 0.950 bits per heavy atom. The molecule has 0 aliphatic carbocycles. The summed E-state index contributed by atoms with van der Waals surface area (Å²) in [4.78, 5) is 0. The second-order valence-corrected chi connectivity index (χ2v) is 4.49. The van der Waals surface area contributed by atoms with Gasteiger partial charge in [0.25, 0.3) is 0 Å². The lowest BCUT2D eigenvalue weighted by Crippen LogP contribution is -1.99. The van der Waals surface area contributed by atoms with Gasteiger partial charge in [-0.05, 0) is 23.8 Å². The summed E-state index contributed by atoms with van der Waals surface area (Å²) in [6.07, 6.45) is 1.80. The highest BCUT2D eigenvalue weighted by Crippen LogP contribution is 2.29. The topological polar surface area (TPSA) is 71.2 Å². The van der Waals surface area contributed by atoms with Gasteiger partial charge in [-0.2, -0.15) is 0 Å². The molecule has 0 unspecified atom stereocenters. The summed E-state index contributed by atoms with van der Waals surface area (Å²) >= 11 is 0. The molecule has 100 valence electrons. The molecule has 1 aromatic heterocycles. The molecule has 20 heavy (non-hydrogen) atoms. The first kappa shape index (κ1) is 12.2. The third-order valence-electron chi connectivity index (χ3n) is 3.00. The normalized spacial score (nSPS) is 10.6. The van der Waals surface area contributed by atoms with Gasteiger partial charge >= 0.3 is 0 Å². The fourth-order valence-electron chi connectivity index (χ4n) is 1.96. The van der Waals surface area contributed by atoms with Gasteiger partial charge in [0, 0.05) is 5.56 Å². The molecule has 0 bridgehead atoms. The summed E-state index contributed by atoms with van der Waals surface area (Å²) in [7, 11) is 0. The average molecular weight is 267 g/mol. The van der Waals surface area contributed by atoms with E-state index in [0.29, 0.717) is 17.8 Å². The molecule has 3 rings (SSSR count). The Kier molecular flexibility index (Phi) is 3.09. The Balaban J connectivity index is 1.84. The number of phenols is 2. The van der Waals surface area contributed by atoms with E-state index in [1.165, 1.54) is 12.1 Å². The van der Waals surface area contributed by atoms with E-state index in [2.05, 4.69) is 10.3 Å². The van der Waals surface area contributed by atoms with Gasteiger partial charge in [0.15, 0.2) is 11.5 Å². The molecule has 0 aliphatic rings. The number of aromatic nitrogens is 3. The molecule has 0 radical (unpaired) electrons. The average Bonchev–Trinajstić information content (AvgIpc) is 2.91. The molecule has 0 fully saturated rings. The molecule has 5 heteroatoms. The maximum absolute atomic E-state index is 9.50. The summed E-state index contributed by atoms with van der Waals surface area (Å²) in [5.74, 6) is -0.314. The first-order valence-electron chi connectivity index (χ1n) is 6.19. The van der Waals surface area contributed by atoms with Crippen LogP contribution in [0.5, 0.6) is 11.5 Å². The molecule has 3 aromatic rings. The molecule has 5 nitrogen and oxygen atoms in total. The van der Waals surface area contributed by atoms with Crippen molar-refractivity contribution in [2.45, 2.75) is 6.54 Å². The zero-order chi connectivity index (χ0) is 13.9. The van der Waals surface area contributed by atoms with E-state index in [1.807, 2.05) is 30.3 Å². The van der Waals surface area contributed by atoms with Crippen molar-refractivity contribution in [1.29, 1.82) is 0 Å². The van der Waals surface area contributed by atoms with Gasteiger partial charge in [-0.25, -0.2) is 4.68 Å². The van der Waals surface area contributed by atoms with Gasteiger partial charge in [0.2, 0.25) is 0 Å². The first-order valence-corrected chi connectivity index (χ1v) is 6.19. The van der Waals surface area contributed by atoms with Gasteiger partial charge in [0.1, 0.15) is 5.69 Å². The van der Waals surface area contributed by atoms with Crippen LogP contribution >= 0.6 is 0 Å². The Morgan fingerprint density at radius 2 is 1.75 bits per heavy atom. The van der Waals surface area contributed by atoms with Crippen LogP contribution in [0.1, 0.15) is 5.56 Å². The van der Waals surface area contributed by atoms with Gasteiger partial charge in [-0.1, -0.05) is 35.5 Å². The third kappa shape index (κ3) is 2.47. The second kappa shape index (κ2) is 5.05. The minimum Gasteiger partial charge on any atom is -0.504 e. The summed E-state index contributed by atoms with van der Waals surface area (Å²) in [6, 6.07) is 14.5. The van der Waals surface area contributed by atoms with E-state index in [0.717, 1.165) is 5.56 Å². The fraction of sp³-hybridized carbons (Fsp3) is 0.0667. The van der Waals surface area contributed by atoms with Crippen molar-refractivity contribution in [3.63, 3.8) is 0 Å². The van der Waals surface area contributed by atoms with Crippen LogP contribution in [0.2, 0.25) is 0 Å². The van der Waals surface area contributed by atoms with Crippen molar-refractivity contribution in [3.8, 4) is 22.8 Å². The lowest BCUT2D eigenvalue weighted by molar-refractivity contribution is 0.404. The van der Waals surface area contributed by atoms with Gasteiger partial charge < -0.3 is 10.2 Å². The molecule has 0 saturated heterocycles. The van der Waals surface area contributed by atoms with E-state index in [9.17, 15) is 10.2 Å². The van der Waals surface area contributed by atoms with Crippen molar-refractivity contribution in [1.82, 2.24) is 15.0 Å². The Bertz CT molecular complexity index is 723. The Morgan fingerprint density at radius 3 is 2.50 bits per heavy atom. The zero-order valence-corrected chi connectivity index (χ0v) is 10.6. The van der Waals surface area contributed by atoms with Crippen LogP contribution < -0.4 is 0 Å². The molecule has 0 atom stereocenters. The number of hydrogen-bond donors (Lipinski definition) is 2. The van der Waals surface area contributed by atoms with Crippen LogP contribution in [0.3, 0.4) is 0 Å². The van der Waals surface area contributed by atoms with E-state index in [1.54, 1.807) is 16.9 Å². The molecular formula is C15H13N3O2. The standard InChI is InChI=1S/C15H13N3O2/c19-14-7-6-12(8-15(14)20)13-10-18(17-16-13)9-11-4-2-1-3-5-11/h1-8,10,19-20H,9H2. The van der Waals surface area contributed by atoms with Crippen molar-refractivity contribution in [2.75, 3.05) is 0 Å². The molecule has 0 amide bonds. The lowest BCUT2D eigenvalue weighted by Gasteiger charge is -2.00. The second-order valence-electron chi connectivity index (χ2n) is 4.49. The molecule has 1 heterocycles. The van der Waals surface area contributed by atoms with Crippen LogP contribution in [0.15, 0.2) is 54.7 Å². The van der Waals surface area contributed by atoms with Crippen LogP contribution in [0, 0.1) is 0 Å². The molecule has 0 aliphatic heterocycles. The van der Waals surface area contributed by atoms with E-state index >= 15 is 0 Å². The number of rotatable bonds is 3. The molecule has 0 saturated carbocycles. The highest BCUT2D eigenvalue weighted by atomic mass is 16.3. The summed E-state index contributed by atoms with van der Waals surface area (Å²) in [5.41, 5.74) is 2.49. The molecular weight excluding hydrogens is 254 g/mol. The number of phenolic OH excluding ortho intramolecular Hbond substituents is 2. The van der Waals surface area contributed by atoms with Gasteiger partial charge in [0.05, 0.1) is 12.7 Å². The minimum atomic E-state index is -0.167. The largest absolute Gasteiger partial charge is 0.504 e. The van der Waals surface area contributed by atoms with Gasteiger partial charge in [-0.15, -0.1) is 5.10 Å². The number of nitrogens with zero attached hydrogens (tertiary/aromatic N) is 3. The summed E-state index contributed by atoms with van der Waals surface area (Å²) in [6.45, 7) is 0.637. The van der Waals surface area contributed by atoms with Crippen LogP contribution in [0.4, 0.5) is 0 Å². The van der Waals surface area contributed by atoms with Crippen molar-refractivity contribution in [2.24, 2.45) is 0 Å². The monoisotopic (exact) mass is 267 g/mol. The van der Waals surface area contributed by atoms with Crippen molar-refractivity contribution in [3.05, 3.63) is 60.3 Å². The Labute approximate surface area is 115 Å². The van der Waals surface area contributed by atoms with Gasteiger partial charge in [-0.3, -0.25) is 0 Å². The molecule has 2 N–H and O–H groups in total. The van der Waals surface area contributed by atoms with Crippen molar-refractivity contribution >= 4 is 0 Å². The maximum atomic E-state index is 9.50. The molecule has 2 aromatic carbocycles. The highest BCUT2D eigenvalue weighted by molar-refractivity contribution is 5.62. The quantitative estimate of drug-likeness (QED) is 0.715. The number of aromatic hydroxyl groups is 2. The number of benzene rings is 2. The minimum absolute atomic E-state index is 0.148. The highest BCUT2D eigenvalue weighted by Gasteiger charge is 2.07. The fourth-order valence-corrected chi connectivity index (χ4v) is 1.96. The van der Waals surface area contributed by atoms with E-state index in [-0.39, 0.29) is 11.5 Å². The predicted octanol–water partition coefficient (Wildman–Crippen LogP) is 2.40.